The summed E-state index contributed by atoms with van der Waals surface area (Å²) in [5.41, 5.74) is 3.56. The van der Waals surface area contributed by atoms with Crippen LogP contribution >= 0.6 is 0 Å². The van der Waals surface area contributed by atoms with Gasteiger partial charge in [-0.05, 0) is 53.3 Å². The maximum Gasteiger partial charge on any atom is 0.361 e. The van der Waals surface area contributed by atoms with E-state index in [0.717, 1.165) is 43.7 Å². The van der Waals surface area contributed by atoms with Gasteiger partial charge in [0.25, 0.3) is 0 Å². The van der Waals surface area contributed by atoms with Crippen molar-refractivity contribution in [3.8, 4) is 11.5 Å². The molecule has 0 saturated heterocycles. The summed E-state index contributed by atoms with van der Waals surface area (Å²) in [6, 6.07) is 28.8. The van der Waals surface area contributed by atoms with Gasteiger partial charge in [0.05, 0.1) is 10.8 Å². The number of allylic oxidation sites excluding steroid dienone is 2. The summed E-state index contributed by atoms with van der Waals surface area (Å²) in [6.45, 7) is 0. The van der Waals surface area contributed by atoms with Gasteiger partial charge in [-0.25, -0.2) is 4.42 Å². The number of para-hydroxylation sites is 2. The fourth-order valence-electron chi connectivity index (χ4n) is 4.80. The van der Waals surface area contributed by atoms with E-state index in [1.807, 2.05) is 97.1 Å². The van der Waals surface area contributed by atoms with Crippen LogP contribution in [-0.4, -0.2) is 5.78 Å². The predicted molar refractivity (Wildman–Crippen MR) is 138 cm³/mol. The number of hydrogen-bond acceptors (Lipinski definition) is 3. The molecule has 0 bridgehead atoms. The molecule has 1 aliphatic heterocycles. The average molecular weight is 466 g/mol. The fraction of sp³-hybridized carbons (Fsp3) is 0. The van der Waals surface area contributed by atoms with Crippen molar-refractivity contribution in [2.24, 2.45) is 0 Å². The summed E-state index contributed by atoms with van der Waals surface area (Å²) in [4.78, 5) is 13.1. The van der Waals surface area contributed by atoms with Crippen molar-refractivity contribution in [3.63, 3.8) is 0 Å². The first-order chi connectivity index (χ1) is 17.7. The Balaban J connectivity index is 1.34. The minimum Gasteiger partial charge on any atom is -0.871 e. The van der Waals surface area contributed by atoms with E-state index in [2.05, 4.69) is 0 Å². The second kappa shape index (κ2) is 7.79. The normalized spacial score (nSPS) is 15.9. The molecule has 4 nitrogen and oxygen atoms in total. The standard InChI is InChI=1S/C32H18O4/c33-31-25(15-19-9-5-13-29-23(19)17-21-7-1-3-11-27(21)35-29)32(34)26(31)16-20-10-6-14-30-24(20)18-22-8-2-4-12-28(22)36-30/h1-18H. The summed E-state index contributed by atoms with van der Waals surface area (Å²) in [5, 5.41) is 16.5. The molecule has 4 aromatic carbocycles. The van der Waals surface area contributed by atoms with Crippen LogP contribution in [0.2, 0.25) is 0 Å². The second-order valence-electron chi connectivity index (χ2n) is 8.86. The quantitative estimate of drug-likeness (QED) is 0.208. The van der Waals surface area contributed by atoms with Crippen molar-refractivity contribution in [2.45, 2.75) is 0 Å². The molecule has 0 amide bonds. The first-order valence-corrected chi connectivity index (χ1v) is 11.7. The van der Waals surface area contributed by atoms with Crippen molar-refractivity contribution in [2.75, 3.05) is 0 Å². The van der Waals surface area contributed by atoms with Crippen LogP contribution in [0, 0.1) is 0 Å². The van der Waals surface area contributed by atoms with E-state index in [4.69, 9.17) is 9.15 Å². The molecule has 2 heterocycles. The SMILES string of the molecule is O=C1C(/C=c2\cccc3c2=Cc2ccccc2O3)=C([O-])C/1=C\c1cccc2[o+]c3ccccc3cc12. The minimum atomic E-state index is -0.260. The van der Waals surface area contributed by atoms with Crippen molar-refractivity contribution >= 4 is 45.9 Å². The van der Waals surface area contributed by atoms with Crippen LogP contribution in [0.1, 0.15) is 11.1 Å². The first-order valence-electron chi connectivity index (χ1n) is 11.7. The highest BCUT2D eigenvalue weighted by Crippen LogP contribution is 2.33. The molecule has 0 spiro atoms. The Morgan fingerprint density at radius 3 is 2.47 bits per heavy atom. The van der Waals surface area contributed by atoms with Crippen LogP contribution < -0.4 is 20.3 Å². The van der Waals surface area contributed by atoms with Gasteiger partial charge in [-0.1, -0.05) is 60.4 Å². The maximum atomic E-state index is 13.1. The Morgan fingerprint density at radius 2 is 1.56 bits per heavy atom. The number of carbonyl (C=O) groups excluding carboxylic acids is 1. The van der Waals surface area contributed by atoms with Gasteiger partial charge in [0.1, 0.15) is 11.5 Å². The van der Waals surface area contributed by atoms with Crippen molar-refractivity contribution in [1.29, 1.82) is 0 Å². The smallest absolute Gasteiger partial charge is 0.361 e. The number of ketones is 1. The number of benzene rings is 4. The van der Waals surface area contributed by atoms with Gasteiger partial charge in [-0.3, -0.25) is 4.79 Å². The summed E-state index contributed by atoms with van der Waals surface area (Å²) < 4.78 is 12.1. The largest absolute Gasteiger partial charge is 0.871 e. The highest BCUT2D eigenvalue weighted by Gasteiger charge is 2.26. The second-order valence-corrected chi connectivity index (χ2v) is 8.86. The first kappa shape index (κ1) is 20.4. The van der Waals surface area contributed by atoms with E-state index in [0.29, 0.717) is 11.3 Å². The molecule has 0 saturated carbocycles. The summed E-state index contributed by atoms with van der Waals surface area (Å²) in [7, 11) is 0. The lowest BCUT2D eigenvalue weighted by Crippen LogP contribution is -2.33. The number of carbonyl (C=O) groups is 1. The molecule has 170 valence electrons. The highest BCUT2D eigenvalue weighted by molar-refractivity contribution is 6.26. The molecule has 36 heavy (non-hydrogen) atoms. The third-order valence-corrected chi connectivity index (χ3v) is 6.66. The Bertz CT molecular complexity index is 1940. The van der Waals surface area contributed by atoms with Gasteiger partial charge in [0, 0.05) is 34.1 Å². The van der Waals surface area contributed by atoms with E-state index >= 15 is 0 Å². The molecule has 0 N–H and O–H groups in total. The van der Waals surface area contributed by atoms with Crippen molar-refractivity contribution < 1.29 is 19.1 Å². The molecule has 0 atom stereocenters. The Morgan fingerprint density at radius 1 is 0.778 bits per heavy atom. The van der Waals surface area contributed by atoms with E-state index in [-0.39, 0.29) is 22.7 Å². The molecule has 0 fully saturated rings. The molecule has 1 aliphatic carbocycles. The summed E-state index contributed by atoms with van der Waals surface area (Å²) >= 11 is 0. The predicted octanol–water partition coefficient (Wildman–Crippen LogP) is 4.86. The number of hydrogen-bond donors (Lipinski definition) is 0. The topological polar surface area (TPSA) is 60.7 Å². The van der Waals surface area contributed by atoms with E-state index in [1.165, 1.54) is 0 Å². The third-order valence-electron chi connectivity index (χ3n) is 6.66. The fourth-order valence-corrected chi connectivity index (χ4v) is 4.80. The van der Waals surface area contributed by atoms with Crippen LogP contribution in [0.4, 0.5) is 0 Å². The van der Waals surface area contributed by atoms with Gasteiger partial charge in [0.2, 0.25) is 0 Å². The van der Waals surface area contributed by atoms with Gasteiger partial charge in [-0.2, -0.15) is 0 Å². The lowest BCUT2D eigenvalue weighted by Gasteiger charge is -2.28. The van der Waals surface area contributed by atoms with Gasteiger partial charge < -0.3 is 9.84 Å². The molecule has 7 rings (SSSR count). The zero-order chi connectivity index (χ0) is 24.2. The monoisotopic (exact) mass is 466 g/mol. The zero-order valence-electron chi connectivity index (χ0n) is 19.0. The minimum absolute atomic E-state index is 0.178. The zero-order valence-corrected chi connectivity index (χ0v) is 19.0. The van der Waals surface area contributed by atoms with Crippen LogP contribution in [0.5, 0.6) is 11.5 Å². The number of rotatable bonds is 2. The van der Waals surface area contributed by atoms with Crippen LogP contribution in [0.15, 0.2) is 112 Å². The van der Waals surface area contributed by atoms with Crippen molar-refractivity contribution in [3.05, 3.63) is 129 Å². The highest BCUT2D eigenvalue weighted by atomic mass is 16.5. The molecule has 2 aliphatic rings. The summed E-state index contributed by atoms with van der Waals surface area (Å²) in [6.07, 6.45) is 5.36. The lowest BCUT2D eigenvalue weighted by molar-refractivity contribution is -0.300. The lowest BCUT2D eigenvalue weighted by atomic mass is 9.85. The molecule has 1 aromatic heterocycles. The summed E-state index contributed by atoms with van der Waals surface area (Å²) in [5.74, 6) is 0.962. The molecular weight excluding hydrogens is 448 g/mol. The molecular formula is C32H18O4. The maximum absolute atomic E-state index is 13.1. The average Bonchev–Trinajstić information content (AvgIpc) is 2.92. The Kier molecular flexibility index (Phi) is 4.42. The Labute approximate surface area is 206 Å². The Hall–Kier alpha value is -4.96. The van der Waals surface area contributed by atoms with E-state index in [9.17, 15) is 9.90 Å². The van der Waals surface area contributed by atoms with Gasteiger partial charge in [0.15, 0.2) is 5.78 Å². The van der Waals surface area contributed by atoms with Crippen LogP contribution in [0.3, 0.4) is 0 Å². The van der Waals surface area contributed by atoms with Gasteiger partial charge in [-0.15, -0.1) is 0 Å². The molecule has 0 unspecified atom stereocenters. The number of fused-ring (bicyclic) bond motifs is 4. The molecule has 5 aromatic rings. The van der Waals surface area contributed by atoms with E-state index in [1.54, 1.807) is 12.2 Å². The van der Waals surface area contributed by atoms with Crippen LogP contribution in [-0.2, 0) is 4.79 Å². The molecule has 4 heteroatoms. The number of ether oxygens (including phenoxy) is 1. The van der Waals surface area contributed by atoms with Gasteiger partial charge >= 0.3 is 11.2 Å². The van der Waals surface area contributed by atoms with Crippen molar-refractivity contribution in [1.82, 2.24) is 0 Å². The molecule has 0 radical (unpaired) electrons. The third kappa shape index (κ3) is 3.16. The van der Waals surface area contributed by atoms with Crippen LogP contribution in [0.25, 0.3) is 40.2 Å². The van der Waals surface area contributed by atoms with E-state index < -0.39 is 0 Å². The number of Topliss-reactive ketones (excluding diaryl/α,β-unsaturated/α-hetero) is 1.